The summed E-state index contributed by atoms with van der Waals surface area (Å²) in [7, 11) is 3.88. The first-order valence-corrected chi connectivity index (χ1v) is 8.28. The van der Waals surface area contributed by atoms with Crippen LogP contribution in [0.3, 0.4) is 0 Å². The molecule has 0 aliphatic rings. The van der Waals surface area contributed by atoms with Gasteiger partial charge in [0, 0.05) is 25.5 Å². The maximum absolute atomic E-state index is 11.9. The van der Waals surface area contributed by atoms with Gasteiger partial charge >= 0.3 is 5.97 Å². The zero-order valence-corrected chi connectivity index (χ0v) is 15.5. The number of para-hydroxylation sites is 1. The Hall–Kier alpha value is -3.02. The first-order valence-electron chi connectivity index (χ1n) is 8.28. The summed E-state index contributed by atoms with van der Waals surface area (Å²) >= 11 is 0. The molecule has 2 rings (SSSR count). The second-order valence-electron chi connectivity index (χ2n) is 6.16. The quantitative estimate of drug-likeness (QED) is 0.773. The molecule has 26 heavy (non-hydrogen) atoms. The second kappa shape index (κ2) is 8.89. The molecular formula is C20H24N2O4. The van der Waals surface area contributed by atoms with Crippen molar-refractivity contribution in [2.75, 3.05) is 37.5 Å². The van der Waals surface area contributed by atoms with E-state index in [0.717, 1.165) is 16.8 Å². The van der Waals surface area contributed by atoms with Gasteiger partial charge in [0.05, 0.1) is 0 Å². The summed E-state index contributed by atoms with van der Waals surface area (Å²) in [6, 6.07) is 13.1. The topological polar surface area (TPSA) is 67.9 Å². The lowest BCUT2D eigenvalue weighted by Gasteiger charge is -2.13. The fraction of sp³-hybridized carbons (Fsp3) is 0.300. The minimum Gasteiger partial charge on any atom is -0.481 e. The van der Waals surface area contributed by atoms with Crippen molar-refractivity contribution in [1.29, 1.82) is 0 Å². The van der Waals surface area contributed by atoms with E-state index in [1.165, 1.54) is 0 Å². The summed E-state index contributed by atoms with van der Waals surface area (Å²) in [6.45, 7) is 3.21. The van der Waals surface area contributed by atoms with Crippen molar-refractivity contribution >= 4 is 23.3 Å². The van der Waals surface area contributed by atoms with E-state index in [-0.39, 0.29) is 13.2 Å². The van der Waals surface area contributed by atoms with Gasteiger partial charge in [-0.05, 0) is 49.2 Å². The number of esters is 1. The van der Waals surface area contributed by atoms with Crippen LogP contribution in [0.15, 0.2) is 42.5 Å². The third-order valence-corrected chi connectivity index (χ3v) is 3.77. The molecule has 0 aliphatic carbocycles. The number of amides is 1. The number of nitrogens with zero attached hydrogens (tertiary/aromatic N) is 1. The van der Waals surface area contributed by atoms with Gasteiger partial charge in [-0.3, -0.25) is 4.79 Å². The highest BCUT2D eigenvalue weighted by atomic mass is 16.6. The van der Waals surface area contributed by atoms with Gasteiger partial charge in [-0.25, -0.2) is 4.79 Å². The highest BCUT2D eigenvalue weighted by Crippen LogP contribution is 2.22. The van der Waals surface area contributed by atoms with E-state index in [4.69, 9.17) is 9.47 Å². The molecule has 138 valence electrons. The fourth-order valence-electron chi connectivity index (χ4n) is 2.39. The standard InChI is InChI=1S/C20H24N2O4/c1-14-6-5-7-15(2)20(14)26-13-19(24)25-12-18(23)21-16-8-10-17(11-9-16)22(3)4/h5-11H,12-13H2,1-4H3,(H,21,23). The molecule has 6 heteroatoms. The highest BCUT2D eigenvalue weighted by molar-refractivity contribution is 5.93. The highest BCUT2D eigenvalue weighted by Gasteiger charge is 2.11. The fourth-order valence-corrected chi connectivity index (χ4v) is 2.39. The molecule has 0 unspecified atom stereocenters. The van der Waals surface area contributed by atoms with Gasteiger partial charge in [-0.15, -0.1) is 0 Å². The summed E-state index contributed by atoms with van der Waals surface area (Å²) in [5.74, 6) is -0.330. The Balaban J connectivity index is 1.77. The zero-order chi connectivity index (χ0) is 19.1. The van der Waals surface area contributed by atoms with Crippen LogP contribution >= 0.6 is 0 Å². The lowest BCUT2D eigenvalue weighted by atomic mass is 10.1. The Morgan fingerprint density at radius 3 is 2.15 bits per heavy atom. The van der Waals surface area contributed by atoms with E-state index in [0.29, 0.717) is 11.4 Å². The van der Waals surface area contributed by atoms with Crippen LogP contribution in [0.1, 0.15) is 11.1 Å². The van der Waals surface area contributed by atoms with Crippen molar-refractivity contribution in [2.24, 2.45) is 0 Å². The Morgan fingerprint density at radius 2 is 1.58 bits per heavy atom. The van der Waals surface area contributed by atoms with Gasteiger partial charge in [0.25, 0.3) is 5.91 Å². The van der Waals surface area contributed by atoms with Crippen LogP contribution in [0, 0.1) is 13.8 Å². The molecule has 2 aromatic rings. The summed E-state index contributed by atoms with van der Waals surface area (Å²) in [5, 5.41) is 2.68. The molecular weight excluding hydrogens is 332 g/mol. The summed E-state index contributed by atoms with van der Waals surface area (Å²) in [6.07, 6.45) is 0. The molecule has 6 nitrogen and oxygen atoms in total. The molecule has 1 amide bonds. The molecule has 0 saturated carbocycles. The molecule has 0 fully saturated rings. The van der Waals surface area contributed by atoms with E-state index in [1.807, 2.05) is 63.2 Å². The Morgan fingerprint density at radius 1 is 0.962 bits per heavy atom. The number of nitrogens with one attached hydrogen (secondary N) is 1. The number of carbonyl (C=O) groups is 2. The number of anilines is 2. The predicted molar refractivity (Wildman–Crippen MR) is 102 cm³/mol. The van der Waals surface area contributed by atoms with E-state index in [9.17, 15) is 9.59 Å². The average Bonchev–Trinajstić information content (AvgIpc) is 2.60. The van der Waals surface area contributed by atoms with Crippen molar-refractivity contribution in [3.8, 4) is 5.75 Å². The van der Waals surface area contributed by atoms with Crippen LogP contribution in [-0.2, 0) is 14.3 Å². The smallest absolute Gasteiger partial charge is 0.344 e. The maximum Gasteiger partial charge on any atom is 0.344 e. The number of ether oxygens (including phenoxy) is 2. The van der Waals surface area contributed by atoms with Gasteiger partial charge in [-0.1, -0.05) is 18.2 Å². The lowest BCUT2D eigenvalue weighted by molar-refractivity contribution is -0.149. The predicted octanol–water partition coefficient (Wildman–Crippen LogP) is 2.93. The number of carbonyl (C=O) groups excluding carboxylic acids is 2. The number of hydrogen-bond acceptors (Lipinski definition) is 5. The largest absolute Gasteiger partial charge is 0.481 e. The van der Waals surface area contributed by atoms with Crippen molar-refractivity contribution in [1.82, 2.24) is 0 Å². The van der Waals surface area contributed by atoms with Gasteiger partial charge in [0.2, 0.25) is 0 Å². The van der Waals surface area contributed by atoms with Crippen molar-refractivity contribution in [2.45, 2.75) is 13.8 Å². The maximum atomic E-state index is 11.9. The molecule has 0 aromatic heterocycles. The second-order valence-corrected chi connectivity index (χ2v) is 6.16. The molecule has 2 aromatic carbocycles. The number of benzene rings is 2. The van der Waals surface area contributed by atoms with Crippen LogP contribution < -0.4 is 15.0 Å². The number of rotatable bonds is 7. The van der Waals surface area contributed by atoms with Crippen LogP contribution in [-0.4, -0.2) is 39.2 Å². The van der Waals surface area contributed by atoms with E-state index in [1.54, 1.807) is 12.1 Å². The zero-order valence-electron chi connectivity index (χ0n) is 15.5. The Labute approximate surface area is 153 Å². The molecule has 0 bridgehead atoms. The summed E-state index contributed by atoms with van der Waals surface area (Å²) < 4.78 is 10.5. The van der Waals surface area contributed by atoms with Crippen molar-refractivity contribution in [3.05, 3.63) is 53.6 Å². The monoisotopic (exact) mass is 356 g/mol. The van der Waals surface area contributed by atoms with Gasteiger partial charge in [0.1, 0.15) is 5.75 Å². The van der Waals surface area contributed by atoms with E-state index >= 15 is 0 Å². The molecule has 0 aliphatic heterocycles. The molecule has 0 heterocycles. The Bertz CT molecular complexity index is 750. The van der Waals surface area contributed by atoms with Gasteiger partial charge in [0.15, 0.2) is 13.2 Å². The lowest BCUT2D eigenvalue weighted by Crippen LogP contribution is -2.23. The minimum absolute atomic E-state index is 0.240. The molecule has 0 atom stereocenters. The van der Waals surface area contributed by atoms with Crippen LogP contribution in [0.5, 0.6) is 5.75 Å². The Kier molecular flexibility index (Phi) is 6.60. The first kappa shape index (κ1) is 19.3. The van der Waals surface area contributed by atoms with E-state index < -0.39 is 11.9 Å². The average molecular weight is 356 g/mol. The minimum atomic E-state index is -0.592. The van der Waals surface area contributed by atoms with Crippen LogP contribution in [0.4, 0.5) is 11.4 Å². The van der Waals surface area contributed by atoms with Crippen molar-refractivity contribution < 1.29 is 19.1 Å². The van der Waals surface area contributed by atoms with Gasteiger partial charge in [-0.2, -0.15) is 0 Å². The SMILES string of the molecule is Cc1cccc(C)c1OCC(=O)OCC(=O)Nc1ccc(N(C)C)cc1. The summed E-state index contributed by atoms with van der Waals surface area (Å²) in [4.78, 5) is 25.6. The number of hydrogen-bond donors (Lipinski definition) is 1. The third-order valence-electron chi connectivity index (χ3n) is 3.77. The van der Waals surface area contributed by atoms with Crippen LogP contribution in [0.25, 0.3) is 0 Å². The molecule has 1 N–H and O–H groups in total. The van der Waals surface area contributed by atoms with Crippen LogP contribution in [0.2, 0.25) is 0 Å². The first-order chi connectivity index (χ1) is 12.4. The van der Waals surface area contributed by atoms with E-state index in [2.05, 4.69) is 5.32 Å². The van der Waals surface area contributed by atoms with Gasteiger partial charge < -0.3 is 19.7 Å². The van der Waals surface area contributed by atoms with Crippen molar-refractivity contribution in [3.63, 3.8) is 0 Å². The molecule has 0 radical (unpaired) electrons. The third kappa shape index (κ3) is 5.51. The summed E-state index contributed by atoms with van der Waals surface area (Å²) in [5.41, 5.74) is 3.55. The number of aryl methyl sites for hydroxylation is 2. The normalized spacial score (nSPS) is 10.2. The molecule has 0 spiro atoms. The molecule has 0 saturated heterocycles.